The normalized spacial score (nSPS) is 15.0. The van der Waals surface area contributed by atoms with E-state index < -0.39 is 22.0 Å². The molecule has 7 nitrogen and oxygen atoms in total. The highest BCUT2D eigenvalue weighted by Crippen LogP contribution is 2.23. The number of sulfonamides is 1. The van der Waals surface area contributed by atoms with Crippen molar-refractivity contribution in [3.8, 4) is 0 Å². The van der Waals surface area contributed by atoms with Gasteiger partial charge in [-0.25, -0.2) is 8.42 Å². The molecule has 0 saturated heterocycles. The maximum atomic E-state index is 13.7. The maximum absolute atomic E-state index is 13.7. The predicted molar refractivity (Wildman–Crippen MR) is 140 cm³/mol. The standard InChI is InChI=1S/C27H37N3O4S/c1-19-14-15-25(16-21(19)3)30(35(5,33)34)18-26(31)29(17-23-11-7-6-10-20(23)2)22(4)27(32)28-24-12-8-9-13-24/h6-7,10-11,14-16,22,24H,8-9,12-13,17-18H2,1-5H3,(H,28,32)/t22-/m0/s1. The van der Waals surface area contributed by atoms with Crippen LogP contribution >= 0.6 is 0 Å². The Balaban J connectivity index is 1.90. The molecule has 1 aliphatic carbocycles. The quantitative estimate of drug-likeness (QED) is 0.568. The summed E-state index contributed by atoms with van der Waals surface area (Å²) in [6.07, 6.45) is 5.16. The van der Waals surface area contributed by atoms with E-state index in [9.17, 15) is 18.0 Å². The Kier molecular flexibility index (Phi) is 8.59. The summed E-state index contributed by atoms with van der Waals surface area (Å²) in [7, 11) is -3.74. The van der Waals surface area contributed by atoms with Gasteiger partial charge in [0, 0.05) is 12.6 Å². The first-order valence-electron chi connectivity index (χ1n) is 12.2. The van der Waals surface area contributed by atoms with Crippen molar-refractivity contribution >= 4 is 27.5 Å². The Morgan fingerprint density at radius 1 is 1.00 bits per heavy atom. The topological polar surface area (TPSA) is 86.8 Å². The molecule has 35 heavy (non-hydrogen) atoms. The van der Waals surface area contributed by atoms with E-state index in [1.165, 1.54) is 4.90 Å². The molecule has 2 aromatic rings. The van der Waals surface area contributed by atoms with Crippen LogP contribution in [0, 0.1) is 20.8 Å². The number of rotatable bonds is 9. The van der Waals surface area contributed by atoms with Gasteiger partial charge in [0.25, 0.3) is 0 Å². The molecule has 0 radical (unpaired) electrons. The van der Waals surface area contributed by atoms with Crippen LogP contribution in [0.2, 0.25) is 0 Å². The second-order valence-electron chi connectivity index (χ2n) is 9.65. The van der Waals surface area contributed by atoms with E-state index in [1.807, 2.05) is 51.1 Å². The molecule has 0 heterocycles. The predicted octanol–water partition coefficient (Wildman–Crippen LogP) is 3.85. The van der Waals surface area contributed by atoms with Crippen molar-refractivity contribution in [2.75, 3.05) is 17.1 Å². The van der Waals surface area contributed by atoms with Gasteiger partial charge in [-0.2, -0.15) is 0 Å². The number of benzene rings is 2. The average molecular weight is 500 g/mol. The zero-order valence-electron chi connectivity index (χ0n) is 21.4. The molecular weight excluding hydrogens is 462 g/mol. The number of amides is 2. The van der Waals surface area contributed by atoms with Crippen molar-refractivity contribution in [3.05, 3.63) is 64.7 Å². The Labute approximate surface area is 209 Å². The van der Waals surface area contributed by atoms with Crippen LogP contribution in [-0.4, -0.2) is 50.0 Å². The Morgan fingerprint density at radius 3 is 2.26 bits per heavy atom. The third kappa shape index (κ3) is 6.84. The van der Waals surface area contributed by atoms with Gasteiger partial charge in [0.05, 0.1) is 11.9 Å². The number of hydrogen-bond acceptors (Lipinski definition) is 4. The molecule has 0 unspecified atom stereocenters. The molecule has 0 spiro atoms. The van der Waals surface area contributed by atoms with Crippen molar-refractivity contribution in [3.63, 3.8) is 0 Å². The molecule has 190 valence electrons. The lowest BCUT2D eigenvalue weighted by atomic mass is 10.1. The second kappa shape index (κ2) is 11.2. The fourth-order valence-corrected chi connectivity index (χ4v) is 5.28. The van der Waals surface area contributed by atoms with Crippen LogP contribution in [0.25, 0.3) is 0 Å². The lowest BCUT2D eigenvalue weighted by molar-refractivity contribution is -0.139. The minimum absolute atomic E-state index is 0.128. The van der Waals surface area contributed by atoms with E-state index in [2.05, 4.69) is 5.32 Å². The molecule has 2 amide bonds. The fraction of sp³-hybridized carbons (Fsp3) is 0.481. The van der Waals surface area contributed by atoms with E-state index >= 15 is 0 Å². The number of aryl methyl sites for hydroxylation is 3. The lowest BCUT2D eigenvalue weighted by Gasteiger charge is -2.32. The molecule has 0 aromatic heterocycles. The number of carbonyl (C=O) groups excluding carboxylic acids is 2. The van der Waals surface area contributed by atoms with E-state index in [4.69, 9.17) is 0 Å². The largest absolute Gasteiger partial charge is 0.352 e. The summed E-state index contributed by atoms with van der Waals surface area (Å²) in [5.41, 5.74) is 4.32. The van der Waals surface area contributed by atoms with Crippen molar-refractivity contribution in [1.82, 2.24) is 10.2 Å². The van der Waals surface area contributed by atoms with Gasteiger partial charge in [0.2, 0.25) is 21.8 Å². The summed E-state index contributed by atoms with van der Waals surface area (Å²) in [6.45, 7) is 7.36. The van der Waals surface area contributed by atoms with Crippen molar-refractivity contribution in [2.45, 2.75) is 72.0 Å². The molecule has 0 bridgehead atoms. The number of anilines is 1. The highest BCUT2D eigenvalue weighted by Gasteiger charge is 2.31. The summed E-state index contributed by atoms with van der Waals surface area (Å²) < 4.78 is 26.5. The smallest absolute Gasteiger partial charge is 0.244 e. The lowest BCUT2D eigenvalue weighted by Crippen LogP contribution is -2.52. The van der Waals surface area contributed by atoms with Crippen molar-refractivity contribution in [1.29, 1.82) is 0 Å². The highest BCUT2D eigenvalue weighted by molar-refractivity contribution is 7.92. The minimum Gasteiger partial charge on any atom is -0.352 e. The first kappa shape index (κ1) is 26.7. The SMILES string of the molecule is Cc1ccc(N(CC(=O)N(Cc2ccccc2C)[C@@H](C)C(=O)NC2CCCC2)S(C)(=O)=O)cc1C. The van der Waals surface area contributed by atoms with Gasteiger partial charge in [0.1, 0.15) is 12.6 Å². The third-order valence-electron chi connectivity index (χ3n) is 6.93. The maximum Gasteiger partial charge on any atom is 0.244 e. The highest BCUT2D eigenvalue weighted by atomic mass is 32.2. The molecule has 8 heteroatoms. The Bertz CT molecular complexity index is 1170. The molecule has 1 saturated carbocycles. The molecule has 1 fully saturated rings. The van der Waals surface area contributed by atoms with Gasteiger partial charge < -0.3 is 10.2 Å². The van der Waals surface area contributed by atoms with Gasteiger partial charge in [-0.15, -0.1) is 0 Å². The van der Waals surface area contributed by atoms with Crippen LogP contribution in [0.1, 0.15) is 54.9 Å². The van der Waals surface area contributed by atoms with E-state index in [-0.39, 0.29) is 25.0 Å². The van der Waals surface area contributed by atoms with Crippen molar-refractivity contribution < 1.29 is 18.0 Å². The molecule has 0 aliphatic heterocycles. The van der Waals surface area contributed by atoms with Gasteiger partial charge in [-0.1, -0.05) is 43.2 Å². The number of nitrogens with one attached hydrogen (secondary N) is 1. The van der Waals surface area contributed by atoms with E-state index in [0.29, 0.717) is 5.69 Å². The second-order valence-corrected chi connectivity index (χ2v) is 11.6. The fourth-order valence-electron chi connectivity index (χ4n) is 4.44. The summed E-state index contributed by atoms with van der Waals surface area (Å²) in [5.74, 6) is -0.637. The molecule has 1 N–H and O–H groups in total. The number of hydrogen-bond donors (Lipinski definition) is 1. The van der Waals surface area contributed by atoms with Gasteiger partial charge >= 0.3 is 0 Å². The summed E-state index contributed by atoms with van der Waals surface area (Å²) in [5, 5.41) is 3.08. The van der Waals surface area contributed by atoms with Crippen LogP contribution in [0.5, 0.6) is 0 Å². The van der Waals surface area contributed by atoms with Crippen LogP contribution in [0.3, 0.4) is 0 Å². The monoisotopic (exact) mass is 499 g/mol. The van der Waals surface area contributed by atoms with Gasteiger partial charge in [-0.05, 0) is 74.9 Å². The first-order chi connectivity index (χ1) is 16.5. The summed E-state index contributed by atoms with van der Waals surface area (Å²) in [6, 6.07) is 12.4. The molecule has 1 aliphatic rings. The number of nitrogens with zero attached hydrogens (tertiary/aromatic N) is 2. The van der Waals surface area contributed by atoms with Gasteiger partial charge in [0.15, 0.2) is 0 Å². The van der Waals surface area contributed by atoms with E-state index in [1.54, 1.807) is 19.1 Å². The van der Waals surface area contributed by atoms with Crippen LogP contribution < -0.4 is 9.62 Å². The zero-order valence-corrected chi connectivity index (χ0v) is 22.2. The summed E-state index contributed by atoms with van der Waals surface area (Å²) >= 11 is 0. The summed E-state index contributed by atoms with van der Waals surface area (Å²) in [4.78, 5) is 28.3. The Morgan fingerprint density at radius 2 is 1.66 bits per heavy atom. The van der Waals surface area contributed by atoms with Crippen LogP contribution in [-0.2, 0) is 26.2 Å². The Hall–Kier alpha value is -2.87. The third-order valence-corrected chi connectivity index (χ3v) is 8.07. The van der Waals surface area contributed by atoms with Crippen LogP contribution in [0.15, 0.2) is 42.5 Å². The molecule has 3 rings (SSSR count). The number of carbonyl (C=O) groups is 2. The molecule has 2 aromatic carbocycles. The zero-order chi connectivity index (χ0) is 25.8. The molecular formula is C27H37N3O4S. The van der Waals surface area contributed by atoms with Gasteiger partial charge in [-0.3, -0.25) is 13.9 Å². The average Bonchev–Trinajstić information content (AvgIpc) is 3.30. The minimum atomic E-state index is -3.74. The van der Waals surface area contributed by atoms with E-state index in [0.717, 1.165) is 58.5 Å². The first-order valence-corrected chi connectivity index (χ1v) is 14.0. The van der Waals surface area contributed by atoms with Crippen LogP contribution in [0.4, 0.5) is 5.69 Å². The van der Waals surface area contributed by atoms with Crippen molar-refractivity contribution in [2.24, 2.45) is 0 Å². The molecule has 1 atom stereocenters.